The fourth-order valence-corrected chi connectivity index (χ4v) is 4.21. The minimum atomic E-state index is -0.0136. The molecule has 126 valence electrons. The molecule has 4 nitrogen and oxygen atoms in total. The van der Waals surface area contributed by atoms with Gasteiger partial charge in [0.15, 0.2) is 0 Å². The molecule has 3 fully saturated rings. The van der Waals surface area contributed by atoms with Gasteiger partial charge in [0.1, 0.15) is 0 Å². The molecule has 3 saturated heterocycles. The van der Waals surface area contributed by atoms with Crippen LogP contribution in [0, 0.1) is 12.8 Å². The standard InChI is InChI=1S/C20H25N3O/c1-14-4-3-5-16(10-14)18-7-9-23(12-18)20(24)21-19-13-22-8-6-17(19)11-15(22)2/h3-5,7,9-10,12,15,17,19H,6,8,11,13H2,1-2H3,(H,21,24)/t15?,17?,19-/m0/s1. The Kier molecular flexibility index (Phi) is 3.93. The number of amides is 1. The van der Waals surface area contributed by atoms with Gasteiger partial charge in [-0.15, -0.1) is 0 Å². The quantitative estimate of drug-likeness (QED) is 0.918. The van der Waals surface area contributed by atoms with Crippen LogP contribution in [-0.2, 0) is 0 Å². The summed E-state index contributed by atoms with van der Waals surface area (Å²) in [6, 6.07) is 11.3. The third kappa shape index (κ3) is 2.86. The number of carbonyl (C=O) groups is 1. The van der Waals surface area contributed by atoms with Gasteiger partial charge in [-0.3, -0.25) is 9.47 Å². The average molecular weight is 323 g/mol. The van der Waals surface area contributed by atoms with Gasteiger partial charge < -0.3 is 5.32 Å². The molecule has 5 rings (SSSR count). The molecule has 4 atom stereocenters. The van der Waals surface area contributed by atoms with Crippen molar-refractivity contribution < 1.29 is 4.79 Å². The molecule has 1 N–H and O–H groups in total. The molecule has 3 unspecified atom stereocenters. The number of nitrogens with one attached hydrogen (secondary N) is 1. The first-order chi connectivity index (χ1) is 11.6. The van der Waals surface area contributed by atoms with Gasteiger partial charge in [0.2, 0.25) is 0 Å². The highest BCUT2D eigenvalue weighted by molar-refractivity contribution is 5.79. The second kappa shape index (κ2) is 6.10. The summed E-state index contributed by atoms with van der Waals surface area (Å²) in [6.45, 7) is 6.55. The van der Waals surface area contributed by atoms with Gasteiger partial charge in [0, 0.05) is 31.0 Å². The van der Waals surface area contributed by atoms with Crippen molar-refractivity contribution in [2.45, 2.75) is 38.8 Å². The minimum absolute atomic E-state index is 0.0136. The molecule has 2 bridgehead atoms. The van der Waals surface area contributed by atoms with E-state index >= 15 is 0 Å². The molecule has 0 saturated carbocycles. The number of hydrogen-bond acceptors (Lipinski definition) is 2. The zero-order valence-corrected chi connectivity index (χ0v) is 14.4. The number of rotatable bonds is 2. The highest BCUT2D eigenvalue weighted by Gasteiger charge is 2.38. The van der Waals surface area contributed by atoms with E-state index in [4.69, 9.17) is 0 Å². The first-order valence-corrected chi connectivity index (χ1v) is 8.90. The van der Waals surface area contributed by atoms with Gasteiger partial charge in [0.25, 0.3) is 0 Å². The highest BCUT2D eigenvalue weighted by Crippen LogP contribution is 2.32. The molecule has 0 radical (unpaired) electrons. The van der Waals surface area contributed by atoms with Gasteiger partial charge in [-0.25, -0.2) is 4.79 Å². The van der Waals surface area contributed by atoms with E-state index < -0.39 is 0 Å². The molecule has 1 amide bonds. The number of aryl methyl sites for hydroxylation is 1. The van der Waals surface area contributed by atoms with E-state index in [1.54, 1.807) is 4.57 Å². The first kappa shape index (κ1) is 15.5. The molecule has 4 heterocycles. The molecule has 1 aromatic carbocycles. The Morgan fingerprint density at radius 2 is 2.12 bits per heavy atom. The Labute approximate surface area is 143 Å². The summed E-state index contributed by atoms with van der Waals surface area (Å²) in [7, 11) is 0. The Morgan fingerprint density at radius 1 is 1.25 bits per heavy atom. The van der Waals surface area contributed by atoms with Crippen LogP contribution in [0.4, 0.5) is 4.79 Å². The van der Waals surface area contributed by atoms with Crippen molar-refractivity contribution in [3.8, 4) is 11.1 Å². The smallest absolute Gasteiger partial charge is 0.325 e. The number of carbonyl (C=O) groups excluding carboxylic acids is 1. The van der Waals surface area contributed by atoms with Gasteiger partial charge in [-0.05, 0) is 56.3 Å². The fourth-order valence-electron chi connectivity index (χ4n) is 4.21. The zero-order chi connectivity index (χ0) is 16.7. The second-order valence-electron chi connectivity index (χ2n) is 7.36. The van der Waals surface area contributed by atoms with E-state index in [2.05, 4.69) is 48.3 Å². The SMILES string of the molecule is Cc1cccc(-c2ccn(C(=O)N[C@H]3CN4CCC3CC4C)c2)c1. The highest BCUT2D eigenvalue weighted by atomic mass is 16.2. The predicted octanol–water partition coefficient (Wildman–Crippen LogP) is 3.50. The number of nitrogens with zero attached hydrogens (tertiary/aromatic N) is 2. The Bertz CT molecular complexity index is 751. The number of hydrogen-bond donors (Lipinski definition) is 1. The van der Waals surface area contributed by atoms with Crippen molar-refractivity contribution in [3.63, 3.8) is 0 Å². The van der Waals surface area contributed by atoms with Gasteiger partial charge >= 0.3 is 6.03 Å². The summed E-state index contributed by atoms with van der Waals surface area (Å²) in [4.78, 5) is 15.1. The fraction of sp³-hybridized carbons (Fsp3) is 0.450. The molecule has 1 aromatic heterocycles. The van der Waals surface area contributed by atoms with Crippen LogP contribution in [-0.4, -0.2) is 40.7 Å². The number of benzene rings is 1. The third-order valence-corrected chi connectivity index (χ3v) is 5.64. The molecule has 24 heavy (non-hydrogen) atoms. The Morgan fingerprint density at radius 3 is 2.83 bits per heavy atom. The van der Waals surface area contributed by atoms with E-state index in [1.165, 1.54) is 24.9 Å². The lowest BCUT2D eigenvalue weighted by Crippen LogP contribution is -2.60. The molecule has 3 aliphatic rings. The molecule has 2 aromatic rings. The molecule has 3 aliphatic heterocycles. The maximum Gasteiger partial charge on any atom is 0.325 e. The molecular formula is C20H25N3O. The lowest BCUT2D eigenvalue weighted by Gasteiger charge is -2.48. The van der Waals surface area contributed by atoms with Crippen molar-refractivity contribution in [2.75, 3.05) is 13.1 Å². The van der Waals surface area contributed by atoms with Crippen LogP contribution < -0.4 is 5.32 Å². The number of fused-ring (bicyclic) bond motifs is 3. The summed E-state index contributed by atoms with van der Waals surface area (Å²) < 4.78 is 1.68. The van der Waals surface area contributed by atoms with E-state index in [0.29, 0.717) is 12.0 Å². The van der Waals surface area contributed by atoms with Crippen molar-refractivity contribution in [3.05, 3.63) is 48.3 Å². The van der Waals surface area contributed by atoms with Crippen LogP contribution >= 0.6 is 0 Å². The van der Waals surface area contributed by atoms with Crippen molar-refractivity contribution in [2.24, 2.45) is 5.92 Å². The van der Waals surface area contributed by atoms with Crippen LogP contribution in [0.15, 0.2) is 42.7 Å². The van der Waals surface area contributed by atoms with Crippen LogP contribution in [0.25, 0.3) is 11.1 Å². The average Bonchev–Trinajstić information content (AvgIpc) is 3.06. The summed E-state index contributed by atoms with van der Waals surface area (Å²) in [6.07, 6.45) is 6.19. The molecule has 0 aliphatic carbocycles. The summed E-state index contributed by atoms with van der Waals surface area (Å²) >= 11 is 0. The van der Waals surface area contributed by atoms with Gasteiger partial charge in [-0.2, -0.15) is 0 Å². The topological polar surface area (TPSA) is 37.3 Å². The Hall–Kier alpha value is -2.07. The largest absolute Gasteiger partial charge is 0.333 e. The second-order valence-corrected chi connectivity index (χ2v) is 7.36. The zero-order valence-electron chi connectivity index (χ0n) is 14.4. The summed E-state index contributed by atoms with van der Waals surface area (Å²) in [5, 5.41) is 3.25. The molecular weight excluding hydrogens is 298 g/mol. The first-order valence-electron chi connectivity index (χ1n) is 8.90. The molecule has 0 spiro atoms. The molecule has 4 heteroatoms. The summed E-state index contributed by atoms with van der Waals surface area (Å²) in [5.74, 6) is 0.626. The third-order valence-electron chi connectivity index (χ3n) is 5.64. The van der Waals surface area contributed by atoms with E-state index in [0.717, 1.165) is 17.7 Å². The summed E-state index contributed by atoms with van der Waals surface area (Å²) in [5.41, 5.74) is 3.46. The van der Waals surface area contributed by atoms with Gasteiger partial charge in [-0.1, -0.05) is 29.8 Å². The van der Waals surface area contributed by atoms with Crippen LogP contribution in [0.2, 0.25) is 0 Å². The van der Waals surface area contributed by atoms with Gasteiger partial charge in [0.05, 0.1) is 0 Å². The monoisotopic (exact) mass is 323 g/mol. The lowest BCUT2D eigenvalue weighted by atomic mass is 9.80. The number of aromatic nitrogens is 1. The van der Waals surface area contributed by atoms with Crippen molar-refractivity contribution in [1.82, 2.24) is 14.8 Å². The van der Waals surface area contributed by atoms with Crippen LogP contribution in [0.1, 0.15) is 25.3 Å². The van der Waals surface area contributed by atoms with E-state index in [-0.39, 0.29) is 12.1 Å². The number of piperidine rings is 3. The van der Waals surface area contributed by atoms with Crippen LogP contribution in [0.3, 0.4) is 0 Å². The van der Waals surface area contributed by atoms with Crippen molar-refractivity contribution >= 4 is 6.03 Å². The van der Waals surface area contributed by atoms with Crippen LogP contribution in [0.5, 0.6) is 0 Å². The normalized spacial score (nSPS) is 28.8. The van der Waals surface area contributed by atoms with E-state index in [9.17, 15) is 4.79 Å². The predicted molar refractivity (Wildman–Crippen MR) is 96.1 cm³/mol. The maximum absolute atomic E-state index is 12.6. The Balaban J connectivity index is 1.46. The van der Waals surface area contributed by atoms with E-state index in [1.807, 2.05) is 18.5 Å². The maximum atomic E-state index is 12.6. The lowest BCUT2D eigenvalue weighted by molar-refractivity contribution is 0.0322. The van der Waals surface area contributed by atoms with Crippen molar-refractivity contribution in [1.29, 1.82) is 0 Å². The minimum Gasteiger partial charge on any atom is -0.333 e.